The smallest absolute Gasteiger partial charge is 0.282 e. The highest BCUT2D eigenvalue weighted by Crippen LogP contribution is 2.35. The number of hydrogen-bond acceptors (Lipinski definition) is 5. The molecule has 34 heavy (non-hydrogen) atoms. The monoisotopic (exact) mass is 453 g/mol. The Morgan fingerprint density at radius 3 is 2.26 bits per heavy atom. The number of imide groups is 1. The topological polar surface area (TPSA) is 61.9 Å². The molecule has 0 atom stereocenters. The lowest BCUT2D eigenvalue weighted by molar-refractivity contribution is -0.120. The van der Waals surface area contributed by atoms with Crippen LogP contribution in [0.5, 0.6) is 5.75 Å². The van der Waals surface area contributed by atoms with Crippen molar-refractivity contribution < 1.29 is 14.3 Å². The molecule has 0 aliphatic carbocycles. The van der Waals surface area contributed by atoms with E-state index in [0.29, 0.717) is 29.2 Å². The van der Waals surface area contributed by atoms with Gasteiger partial charge in [-0.05, 0) is 61.7 Å². The maximum atomic E-state index is 13.6. The van der Waals surface area contributed by atoms with Crippen molar-refractivity contribution >= 4 is 34.4 Å². The molecule has 3 aromatic rings. The molecule has 1 fully saturated rings. The number of nitrogens with zero attached hydrogens (tertiary/aromatic N) is 2. The minimum atomic E-state index is -0.388. The van der Waals surface area contributed by atoms with Gasteiger partial charge in [-0.3, -0.25) is 9.59 Å². The van der Waals surface area contributed by atoms with Gasteiger partial charge in [0.25, 0.3) is 11.8 Å². The number of carbonyl (C=O) groups excluding carboxylic acids is 2. The normalized spacial score (nSPS) is 15.9. The van der Waals surface area contributed by atoms with Crippen molar-refractivity contribution in [1.29, 1.82) is 0 Å². The van der Waals surface area contributed by atoms with Gasteiger partial charge in [-0.2, -0.15) is 0 Å². The first-order chi connectivity index (χ1) is 16.7. The lowest BCUT2D eigenvalue weighted by atomic mass is 10.0. The van der Waals surface area contributed by atoms with Crippen molar-refractivity contribution in [2.24, 2.45) is 0 Å². The highest BCUT2D eigenvalue weighted by molar-refractivity contribution is 6.46. The van der Waals surface area contributed by atoms with E-state index in [4.69, 9.17) is 4.74 Å². The Balaban J connectivity index is 1.49. The first-order valence-electron chi connectivity index (χ1n) is 11.7. The zero-order chi connectivity index (χ0) is 23.5. The van der Waals surface area contributed by atoms with Gasteiger partial charge in [0.05, 0.1) is 17.9 Å². The fourth-order valence-corrected chi connectivity index (χ4v) is 4.51. The number of hydrogen-bond donors (Lipinski definition) is 1. The number of rotatable bonds is 7. The van der Waals surface area contributed by atoms with Crippen LogP contribution in [0.3, 0.4) is 0 Å². The van der Waals surface area contributed by atoms with Crippen LogP contribution in [0.15, 0.2) is 84.6 Å². The summed E-state index contributed by atoms with van der Waals surface area (Å²) in [5, 5.41) is 3.24. The standard InChI is InChI=1S/C28H27N3O3/c1-2-34-24-12-8-11-23(19-24)31-27(32)25(20-9-4-3-5-10-20)26(28(31)33)29-21-13-15-22(16-14-21)30-17-6-7-18-30/h3-5,8-16,19,29H,2,6-7,17-18H2,1H3. The number of nitrogens with one attached hydrogen (secondary N) is 1. The second kappa shape index (κ2) is 9.43. The van der Waals surface area contributed by atoms with Crippen molar-refractivity contribution in [3.8, 4) is 5.75 Å². The Morgan fingerprint density at radius 1 is 0.824 bits per heavy atom. The van der Waals surface area contributed by atoms with Crippen LogP contribution in [0, 0.1) is 0 Å². The van der Waals surface area contributed by atoms with E-state index in [1.807, 2.05) is 55.5 Å². The van der Waals surface area contributed by atoms with Crippen molar-refractivity contribution in [3.05, 3.63) is 90.1 Å². The van der Waals surface area contributed by atoms with E-state index < -0.39 is 0 Å². The number of amides is 2. The number of benzene rings is 3. The number of ether oxygens (including phenoxy) is 1. The Morgan fingerprint density at radius 2 is 1.56 bits per heavy atom. The van der Waals surface area contributed by atoms with E-state index >= 15 is 0 Å². The Hall–Kier alpha value is -4.06. The molecule has 2 amide bonds. The molecule has 172 valence electrons. The molecule has 0 saturated carbocycles. The third-order valence-electron chi connectivity index (χ3n) is 6.14. The molecule has 6 heteroatoms. The van der Waals surface area contributed by atoms with E-state index in [0.717, 1.165) is 18.8 Å². The molecule has 0 radical (unpaired) electrons. The molecule has 0 aromatic heterocycles. The summed E-state index contributed by atoms with van der Waals surface area (Å²) in [4.78, 5) is 30.7. The predicted molar refractivity (Wildman–Crippen MR) is 135 cm³/mol. The molecule has 0 spiro atoms. The van der Waals surface area contributed by atoms with E-state index in [2.05, 4.69) is 22.3 Å². The molecule has 3 aromatic carbocycles. The van der Waals surface area contributed by atoms with Gasteiger partial charge in [0, 0.05) is 30.5 Å². The van der Waals surface area contributed by atoms with Crippen molar-refractivity contribution in [1.82, 2.24) is 0 Å². The first-order valence-corrected chi connectivity index (χ1v) is 11.7. The van der Waals surface area contributed by atoms with Gasteiger partial charge in [0.1, 0.15) is 11.4 Å². The Labute approximate surface area is 199 Å². The van der Waals surface area contributed by atoms with E-state index in [1.54, 1.807) is 18.2 Å². The van der Waals surface area contributed by atoms with Crippen LogP contribution in [0.25, 0.3) is 5.57 Å². The van der Waals surface area contributed by atoms with Crippen LogP contribution in [0.4, 0.5) is 17.1 Å². The van der Waals surface area contributed by atoms with Crippen LogP contribution in [0.1, 0.15) is 25.3 Å². The maximum Gasteiger partial charge on any atom is 0.282 e. The van der Waals surface area contributed by atoms with Crippen LogP contribution in [-0.4, -0.2) is 31.5 Å². The van der Waals surface area contributed by atoms with Gasteiger partial charge in [0.15, 0.2) is 0 Å². The SMILES string of the molecule is CCOc1cccc(N2C(=O)C(Nc3ccc(N4CCCC4)cc3)=C(c3ccccc3)C2=O)c1. The van der Waals surface area contributed by atoms with E-state index in [9.17, 15) is 9.59 Å². The van der Waals surface area contributed by atoms with Gasteiger partial charge in [-0.25, -0.2) is 4.90 Å². The average Bonchev–Trinajstić information content (AvgIpc) is 3.48. The van der Waals surface area contributed by atoms with Gasteiger partial charge >= 0.3 is 0 Å². The summed E-state index contributed by atoms with van der Waals surface area (Å²) >= 11 is 0. The fraction of sp³-hybridized carbons (Fsp3) is 0.214. The lowest BCUT2D eigenvalue weighted by Crippen LogP contribution is -2.32. The molecule has 2 aliphatic rings. The largest absolute Gasteiger partial charge is 0.494 e. The molecule has 2 heterocycles. The summed E-state index contributed by atoms with van der Waals surface area (Å²) in [6.07, 6.45) is 2.43. The highest BCUT2D eigenvalue weighted by Gasteiger charge is 2.40. The molecule has 1 N–H and O–H groups in total. The maximum absolute atomic E-state index is 13.6. The second-order valence-corrected chi connectivity index (χ2v) is 8.36. The van der Waals surface area contributed by atoms with E-state index in [-0.39, 0.29) is 17.5 Å². The fourth-order valence-electron chi connectivity index (χ4n) is 4.51. The molecule has 5 rings (SSSR count). The summed E-state index contributed by atoms with van der Waals surface area (Å²) in [5.74, 6) is -0.136. The van der Waals surface area contributed by atoms with Crippen LogP contribution in [-0.2, 0) is 9.59 Å². The summed E-state index contributed by atoms with van der Waals surface area (Å²) in [6, 6.07) is 24.4. The minimum absolute atomic E-state index is 0.270. The molecule has 6 nitrogen and oxygen atoms in total. The summed E-state index contributed by atoms with van der Waals surface area (Å²) in [5.41, 5.74) is 3.74. The van der Waals surface area contributed by atoms with Crippen LogP contribution < -0.4 is 19.9 Å². The van der Waals surface area contributed by atoms with Crippen LogP contribution >= 0.6 is 0 Å². The Kier molecular flexibility index (Phi) is 6.04. The molecular formula is C28H27N3O3. The van der Waals surface area contributed by atoms with Crippen LogP contribution in [0.2, 0.25) is 0 Å². The predicted octanol–water partition coefficient (Wildman–Crippen LogP) is 5.08. The third-order valence-corrected chi connectivity index (χ3v) is 6.14. The van der Waals surface area contributed by atoms with Crippen molar-refractivity contribution in [2.45, 2.75) is 19.8 Å². The van der Waals surface area contributed by atoms with Gasteiger partial charge in [0.2, 0.25) is 0 Å². The summed E-state index contributed by atoms with van der Waals surface area (Å²) in [6.45, 7) is 4.53. The zero-order valence-corrected chi connectivity index (χ0v) is 19.2. The van der Waals surface area contributed by atoms with Gasteiger partial charge in [-0.1, -0.05) is 36.4 Å². The molecule has 1 saturated heterocycles. The van der Waals surface area contributed by atoms with E-state index in [1.165, 1.54) is 23.4 Å². The quantitative estimate of drug-likeness (QED) is 0.506. The lowest BCUT2D eigenvalue weighted by Gasteiger charge is -2.18. The molecule has 0 unspecified atom stereocenters. The number of anilines is 3. The van der Waals surface area contributed by atoms with Gasteiger partial charge < -0.3 is 15.0 Å². The van der Waals surface area contributed by atoms with Crippen molar-refractivity contribution in [2.75, 3.05) is 34.8 Å². The summed E-state index contributed by atoms with van der Waals surface area (Å²) in [7, 11) is 0. The molecular weight excluding hydrogens is 426 g/mol. The molecule has 0 bridgehead atoms. The zero-order valence-electron chi connectivity index (χ0n) is 19.2. The minimum Gasteiger partial charge on any atom is -0.494 e. The summed E-state index contributed by atoms with van der Waals surface area (Å²) < 4.78 is 5.58. The average molecular weight is 454 g/mol. The number of carbonyl (C=O) groups is 2. The Bertz CT molecular complexity index is 1230. The molecule has 2 aliphatic heterocycles. The highest BCUT2D eigenvalue weighted by atomic mass is 16.5. The third kappa shape index (κ3) is 4.15. The second-order valence-electron chi connectivity index (χ2n) is 8.36. The van der Waals surface area contributed by atoms with Crippen molar-refractivity contribution in [3.63, 3.8) is 0 Å². The van der Waals surface area contributed by atoms with Gasteiger partial charge in [-0.15, -0.1) is 0 Å². The first kappa shape index (κ1) is 21.8.